The molecule has 0 bridgehead atoms. The zero-order valence-electron chi connectivity index (χ0n) is 18.1. The van der Waals surface area contributed by atoms with Gasteiger partial charge in [-0.2, -0.15) is 0 Å². The fraction of sp³-hybridized carbons (Fsp3) is 0.640. The Morgan fingerprint density at radius 2 is 1.52 bits per heavy atom. The van der Waals surface area contributed by atoms with Gasteiger partial charge in [0.25, 0.3) is 0 Å². The molecule has 0 aliphatic carbocycles. The Morgan fingerprint density at radius 1 is 0.852 bits per heavy atom. The van der Waals surface area contributed by atoms with E-state index in [1.807, 2.05) is 0 Å². The summed E-state index contributed by atoms with van der Waals surface area (Å²) in [4.78, 5) is 10.5. The van der Waals surface area contributed by atoms with E-state index < -0.39 is 5.97 Å². The van der Waals surface area contributed by atoms with E-state index in [0.717, 1.165) is 56.8 Å². The molecule has 3 unspecified atom stereocenters. The topological polar surface area (TPSA) is 37.3 Å². The maximum absolute atomic E-state index is 10.5. The van der Waals surface area contributed by atoms with Crippen molar-refractivity contribution >= 4 is 5.97 Å². The second-order valence-electron chi connectivity index (χ2n) is 7.80. The SMILES string of the molecule is CC/C=C\CC(C)C(C)C/C=C\C/C=C\C=C\C(C)CCCCCC(=O)O. The lowest BCUT2D eigenvalue weighted by Gasteiger charge is -2.16. The molecule has 0 saturated heterocycles. The fourth-order valence-corrected chi connectivity index (χ4v) is 2.85. The molecule has 154 valence electrons. The van der Waals surface area contributed by atoms with Crippen molar-refractivity contribution in [1.82, 2.24) is 0 Å². The molecule has 1 N–H and O–H groups in total. The third-order valence-corrected chi connectivity index (χ3v) is 5.07. The summed E-state index contributed by atoms with van der Waals surface area (Å²) >= 11 is 0. The van der Waals surface area contributed by atoms with E-state index in [1.54, 1.807) is 0 Å². The van der Waals surface area contributed by atoms with Crippen LogP contribution >= 0.6 is 0 Å². The lowest BCUT2D eigenvalue weighted by atomic mass is 9.90. The van der Waals surface area contributed by atoms with Crippen molar-refractivity contribution in [2.24, 2.45) is 17.8 Å². The molecule has 0 aliphatic rings. The second kappa shape index (κ2) is 17.8. The molecule has 27 heavy (non-hydrogen) atoms. The van der Waals surface area contributed by atoms with Crippen LogP contribution in [0.25, 0.3) is 0 Å². The molecule has 0 aromatic carbocycles. The molecule has 3 atom stereocenters. The van der Waals surface area contributed by atoms with Gasteiger partial charge in [-0.3, -0.25) is 4.79 Å². The van der Waals surface area contributed by atoms with Gasteiger partial charge in [0.15, 0.2) is 0 Å². The van der Waals surface area contributed by atoms with Crippen LogP contribution in [0.5, 0.6) is 0 Å². The molecule has 0 aromatic heterocycles. The van der Waals surface area contributed by atoms with Crippen molar-refractivity contribution in [1.29, 1.82) is 0 Å². The molecular weight excluding hydrogens is 332 g/mol. The molecular formula is C25H42O2. The first-order valence-corrected chi connectivity index (χ1v) is 10.8. The van der Waals surface area contributed by atoms with E-state index in [0.29, 0.717) is 12.3 Å². The molecule has 0 saturated carbocycles. The van der Waals surface area contributed by atoms with Gasteiger partial charge in [0.1, 0.15) is 0 Å². The summed E-state index contributed by atoms with van der Waals surface area (Å²) in [6.07, 6.45) is 26.7. The minimum absolute atomic E-state index is 0.300. The Hall–Kier alpha value is -1.57. The number of hydrogen-bond acceptors (Lipinski definition) is 1. The summed E-state index contributed by atoms with van der Waals surface area (Å²) < 4.78 is 0. The molecule has 0 heterocycles. The molecule has 2 nitrogen and oxygen atoms in total. The number of allylic oxidation sites excluding steroid dienone is 8. The van der Waals surface area contributed by atoms with Crippen LogP contribution in [-0.2, 0) is 4.79 Å². The molecule has 0 rings (SSSR count). The highest BCUT2D eigenvalue weighted by molar-refractivity contribution is 5.66. The van der Waals surface area contributed by atoms with E-state index in [4.69, 9.17) is 5.11 Å². The minimum atomic E-state index is -0.685. The van der Waals surface area contributed by atoms with E-state index in [9.17, 15) is 4.79 Å². The smallest absolute Gasteiger partial charge is 0.303 e. The van der Waals surface area contributed by atoms with Crippen LogP contribution in [0, 0.1) is 17.8 Å². The molecule has 0 aromatic rings. The molecule has 0 spiro atoms. The van der Waals surface area contributed by atoms with Crippen molar-refractivity contribution in [3.05, 3.63) is 48.6 Å². The summed E-state index contributed by atoms with van der Waals surface area (Å²) in [6.45, 7) is 9.09. The summed E-state index contributed by atoms with van der Waals surface area (Å²) in [7, 11) is 0. The van der Waals surface area contributed by atoms with Crippen molar-refractivity contribution in [2.75, 3.05) is 0 Å². The van der Waals surface area contributed by atoms with Crippen LogP contribution in [0.2, 0.25) is 0 Å². The van der Waals surface area contributed by atoms with E-state index in [2.05, 4.69) is 76.3 Å². The molecule has 2 heteroatoms. The highest BCUT2D eigenvalue weighted by Crippen LogP contribution is 2.19. The Labute approximate surface area is 168 Å². The third kappa shape index (κ3) is 17.6. The second-order valence-corrected chi connectivity index (χ2v) is 7.80. The van der Waals surface area contributed by atoms with Crippen LogP contribution < -0.4 is 0 Å². The van der Waals surface area contributed by atoms with Crippen LogP contribution in [0.3, 0.4) is 0 Å². The van der Waals surface area contributed by atoms with Crippen LogP contribution in [-0.4, -0.2) is 11.1 Å². The van der Waals surface area contributed by atoms with Gasteiger partial charge in [0, 0.05) is 6.42 Å². The van der Waals surface area contributed by atoms with Gasteiger partial charge in [0.05, 0.1) is 0 Å². The largest absolute Gasteiger partial charge is 0.481 e. The average Bonchev–Trinajstić information content (AvgIpc) is 2.63. The number of carboxylic acid groups (broad SMARTS) is 1. The Kier molecular flexibility index (Phi) is 16.8. The van der Waals surface area contributed by atoms with Gasteiger partial charge in [-0.25, -0.2) is 0 Å². The Bertz CT molecular complexity index is 471. The summed E-state index contributed by atoms with van der Waals surface area (Å²) in [5.74, 6) is 1.33. The molecule has 0 radical (unpaired) electrons. The monoisotopic (exact) mass is 374 g/mol. The van der Waals surface area contributed by atoms with E-state index in [-0.39, 0.29) is 0 Å². The Balaban J connectivity index is 3.79. The number of rotatable bonds is 16. The third-order valence-electron chi connectivity index (χ3n) is 5.07. The number of hydrogen-bond donors (Lipinski definition) is 1. The lowest BCUT2D eigenvalue weighted by Crippen LogP contribution is -2.05. The van der Waals surface area contributed by atoms with Crippen LogP contribution in [0.1, 0.15) is 85.5 Å². The normalized spacial score (nSPS) is 16.0. The van der Waals surface area contributed by atoms with Crippen LogP contribution in [0.15, 0.2) is 48.6 Å². The fourth-order valence-electron chi connectivity index (χ4n) is 2.85. The maximum atomic E-state index is 10.5. The zero-order valence-corrected chi connectivity index (χ0v) is 18.1. The highest BCUT2D eigenvalue weighted by Gasteiger charge is 2.08. The first-order valence-electron chi connectivity index (χ1n) is 10.8. The maximum Gasteiger partial charge on any atom is 0.303 e. The van der Waals surface area contributed by atoms with Gasteiger partial charge in [0.2, 0.25) is 0 Å². The molecule has 0 aliphatic heterocycles. The first kappa shape index (κ1) is 25.4. The zero-order chi connectivity index (χ0) is 20.3. The lowest BCUT2D eigenvalue weighted by molar-refractivity contribution is -0.137. The van der Waals surface area contributed by atoms with Crippen molar-refractivity contribution in [3.63, 3.8) is 0 Å². The van der Waals surface area contributed by atoms with Gasteiger partial charge >= 0.3 is 5.97 Å². The predicted octanol–water partition coefficient (Wildman–Crippen LogP) is 7.73. The van der Waals surface area contributed by atoms with E-state index in [1.165, 1.54) is 6.42 Å². The van der Waals surface area contributed by atoms with Crippen molar-refractivity contribution < 1.29 is 9.90 Å². The first-order chi connectivity index (χ1) is 13.0. The van der Waals surface area contributed by atoms with Crippen LogP contribution in [0.4, 0.5) is 0 Å². The van der Waals surface area contributed by atoms with Crippen molar-refractivity contribution in [3.8, 4) is 0 Å². The van der Waals surface area contributed by atoms with Gasteiger partial charge in [-0.15, -0.1) is 0 Å². The molecule has 0 amide bonds. The van der Waals surface area contributed by atoms with Gasteiger partial charge in [-0.1, -0.05) is 89.1 Å². The molecule has 0 fully saturated rings. The standard InChI is InChI=1S/C25H42O2/c1-5-6-12-19-23(3)24(4)20-15-10-8-7-9-13-17-22(2)18-14-11-16-21-25(26)27/h6-7,9-10,12-13,15,17,22-24H,5,8,11,14,16,18-21H2,1-4H3,(H,26,27)/b9-7-,12-6-,15-10-,17-13+. The quantitative estimate of drug-likeness (QED) is 0.170. The summed E-state index contributed by atoms with van der Waals surface area (Å²) in [5.41, 5.74) is 0. The predicted molar refractivity (Wildman–Crippen MR) is 119 cm³/mol. The number of carboxylic acids is 1. The van der Waals surface area contributed by atoms with Gasteiger partial charge < -0.3 is 5.11 Å². The summed E-state index contributed by atoms with van der Waals surface area (Å²) in [6, 6.07) is 0. The Morgan fingerprint density at radius 3 is 2.15 bits per heavy atom. The van der Waals surface area contributed by atoms with Gasteiger partial charge in [-0.05, 0) is 56.3 Å². The van der Waals surface area contributed by atoms with E-state index >= 15 is 0 Å². The summed E-state index contributed by atoms with van der Waals surface area (Å²) in [5, 5.41) is 8.61. The average molecular weight is 375 g/mol. The number of carbonyl (C=O) groups is 1. The number of unbranched alkanes of at least 4 members (excludes halogenated alkanes) is 2. The highest BCUT2D eigenvalue weighted by atomic mass is 16.4. The van der Waals surface area contributed by atoms with Crippen molar-refractivity contribution in [2.45, 2.75) is 85.5 Å². The minimum Gasteiger partial charge on any atom is -0.481 e. The number of aliphatic carboxylic acids is 1.